The van der Waals surface area contributed by atoms with Crippen molar-refractivity contribution in [1.82, 2.24) is 4.90 Å². The second kappa shape index (κ2) is 10.2. The van der Waals surface area contributed by atoms with E-state index in [9.17, 15) is 8.78 Å². The molecule has 0 aromatic heterocycles. The Hall–Kier alpha value is -2.56. The molecular weight excluding hydrogens is 392 g/mol. The van der Waals surface area contributed by atoms with Crippen molar-refractivity contribution in [2.45, 2.75) is 38.3 Å². The van der Waals surface area contributed by atoms with Crippen molar-refractivity contribution in [3.05, 3.63) is 107 Å². The van der Waals surface area contributed by atoms with Crippen molar-refractivity contribution in [3.63, 3.8) is 0 Å². The maximum atomic E-state index is 13.4. The van der Waals surface area contributed by atoms with Gasteiger partial charge in [0.25, 0.3) is 0 Å². The Kier molecular flexibility index (Phi) is 7.10. The van der Waals surface area contributed by atoms with Crippen LogP contribution in [0.5, 0.6) is 0 Å². The number of ether oxygens (including phenoxy) is 1. The highest BCUT2D eigenvalue weighted by Gasteiger charge is 2.26. The summed E-state index contributed by atoms with van der Waals surface area (Å²) < 4.78 is 33.3. The first-order valence-electron chi connectivity index (χ1n) is 11.0. The fraction of sp³-hybridized carbons (Fsp3) is 0.333. The van der Waals surface area contributed by atoms with Gasteiger partial charge in [0.05, 0.1) is 6.61 Å². The molecule has 3 aromatic carbocycles. The minimum Gasteiger partial charge on any atom is -0.367 e. The number of hydrogen-bond donors (Lipinski definition) is 0. The molecule has 0 spiro atoms. The van der Waals surface area contributed by atoms with Gasteiger partial charge in [0.1, 0.15) is 17.7 Å². The maximum Gasteiger partial charge on any atom is 0.123 e. The molecule has 0 bridgehead atoms. The topological polar surface area (TPSA) is 12.5 Å². The minimum absolute atomic E-state index is 0.278. The fourth-order valence-electron chi connectivity index (χ4n) is 4.27. The third-order valence-corrected chi connectivity index (χ3v) is 6.11. The number of likely N-dealkylation sites (tertiary alicyclic amines) is 1. The molecule has 0 N–H and O–H groups in total. The quantitative estimate of drug-likeness (QED) is 0.437. The second-order valence-corrected chi connectivity index (χ2v) is 8.38. The van der Waals surface area contributed by atoms with Gasteiger partial charge in [-0.05, 0) is 73.7 Å². The van der Waals surface area contributed by atoms with Gasteiger partial charge in [0.2, 0.25) is 0 Å². The van der Waals surface area contributed by atoms with Gasteiger partial charge >= 0.3 is 0 Å². The molecule has 4 heteroatoms. The summed E-state index contributed by atoms with van der Waals surface area (Å²) in [5.74, 6) is -0.556. The summed E-state index contributed by atoms with van der Waals surface area (Å²) in [5, 5.41) is 0. The van der Waals surface area contributed by atoms with E-state index >= 15 is 0 Å². The van der Waals surface area contributed by atoms with E-state index in [-0.39, 0.29) is 17.7 Å². The Bertz CT molecular complexity index is 909. The largest absolute Gasteiger partial charge is 0.367 e. The highest BCUT2D eigenvalue weighted by molar-refractivity contribution is 5.30. The standard InChI is InChI=1S/C27H29F2NO/c1-20-4-6-21(7-5-20)16-18-30-17-2-3-26(30)19-31-27(22-8-12-24(28)13-9-22)23-10-14-25(29)15-11-23/h4-15,26-27H,2-3,16-19H2,1H3/t26-/m0/s1. The molecule has 1 aliphatic heterocycles. The van der Waals surface area contributed by atoms with Crippen LogP contribution in [0.2, 0.25) is 0 Å². The van der Waals surface area contributed by atoms with Crippen LogP contribution in [0.1, 0.15) is 41.2 Å². The van der Waals surface area contributed by atoms with E-state index in [4.69, 9.17) is 4.74 Å². The molecule has 0 unspecified atom stereocenters. The summed E-state index contributed by atoms with van der Waals surface area (Å²) in [6.07, 6.45) is 2.95. The molecule has 1 atom stereocenters. The highest BCUT2D eigenvalue weighted by Crippen LogP contribution is 2.28. The van der Waals surface area contributed by atoms with E-state index in [1.165, 1.54) is 41.8 Å². The lowest BCUT2D eigenvalue weighted by Crippen LogP contribution is -2.35. The number of halogens is 2. The molecule has 1 aliphatic rings. The predicted octanol–water partition coefficient (Wildman–Crippen LogP) is 6.09. The van der Waals surface area contributed by atoms with Gasteiger partial charge < -0.3 is 4.74 Å². The van der Waals surface area contributed by atoms with E-state index in [0.717, 1.165) is 37.1 Å². The zero-order chi connectivity index (χ0) is 21.6. The van der Waals surface area contributed by atoms with Crippen LogP contribution < -0.4 is 0 Å². The Balaban J connectivity index is 1.42. The zero-order valence-corrected chi connectivity index (χ0v) is 17.9. The molecule has 0 amide bonds. The van der Waals surface area contributed by atoms with Crippen molar-refractivity contribution in [2.75, 3.05) is 19.7 Å². The van der Waals surface area contributed by atoms with Crippen LogP contribution in [-0.2, 0) is 11.2 Å². The molecule has 2 nitrogen and oxygen atoms in total. The molecule has 0 radical (unpaired) electrons. The van der Waals surface area contributed by atoms with Crippen molar-refractivity contribution in [3.8, 4) is 0 Å². The number of rotatable bonds is 8. The summed E-state index contributed by atoms with van der Waals surface area (Å²) in [5.41, 5.74) is 4.38. The van der Waals surface area contributed by atoms with Crippen molar-refractivity contribution in [2.24, 2.45) is 0 Å². The fourth-order valence-corrected chi connectivity index (χ4v) is 4.27. The van der Waals surface area contributed by atoms with E-state index in [1.807, 2.05) is 0 Å². The van der Waals surface area contributed by atoms with Crippen LogP contribution in [0.4, 0.5) is 8.78 Å². The van der Waals surface area contributed by atoms with Gasteiger partial charge in [-0.3, -0.25) is 4.90 Å². The summed E-state index contributed by atoms with van der Waals surface area (Å²) in [4.78, 5) is 2.51. The lowest BCUT2D eigenvalue weighted by Gasteiger charge is -2.27. The molecule has 162 valence electrons. The first kappa shape index (κ1) is 21.7. The van der Waals surface area contributed by atoms with Crippen LogP contribution in [-0.4, -0.2) is 30.6 Å². The first-order chi connectivity index (χ1) is 15.1. The van der Waals surface area contributed by atoms with Crippen molar-refractivity contribution >= 4 is 0 Å². The van der Waals surface area contributed by atoms with Gasteiger partial charge in [-0.2, -0.15) is 0 Å². The average Bonchev–Trinajstić information content (AvgIpc) is 3.23. The third kappa shape index (κ3) is 5.78. The molecule has 3 aromatic rings. The van der Waals surface area contributed by atoms with Crippen LogP contribution in [0.15, 0.2) is 72.8 Å². The van der Waals surface area contributed by atoms with Crippen LogP contribution >= 0.6 is 0 Å². The summed E-state index contributed by atoms with van der Waals surface area (Å²) >= 11 is 0. The van der Waals surface area contributed by atoms with E-state index in [2.05, 4.69) is 36.1 Å². The number of hydrogen-bond acceptors (Lipinski definition) is 2. The Labute approximate surface area is 183 Å². The lowest BCUT2D eigenvalue weighted by atomic mass is 10.0. The first-order valence-corrected chi connectivity index (χ1v) is 11.0. The van der Waals surface area contributed by atoms with Crippen molar-refractivity contribution in [1.29, 1.82) is 0 Å². The molecule has 4 rings (SSSR count). The van der Waals surface area contributed by atoms with Crippen LogP contribution in [0, 0.1) is 18.6 Å². The summed E-state index contributed by atoms with van der Waals surface area (Å²) in [6, 6.07) is 21.8. The highest BCUT2D eigenvalue weighted by atomic mass is 19.1. The Morgan fingerprint density at radius 2 is 1.45 bits per heavy atom. The molecular formula is C27H29F2NO. The monoisotopic (exact) mass is 421 g/mol. The Morgan fingerprint density at radius 1 is 0.871 bits per heavy atom. The normalized spacial score (nSPS) is 16.8. The van der Waals surface area contributed by atoms with E-state index in [0.29, 0.717) is 12.6 Å². The molecule has 1 heterocycles. The van der Waals surface area contributed by atoms with Gasteiger partial charge in [0, 0.05) is 12.6 Å². The minimum atomic E-state index is -0.347. The van der Waals surface area contributed by atoms with Crippen molar-refractivity contribution < 1.29 is 13.5 Å². The van der Waals surface area contributed by atoms with Crippen LogP contribution in [0.25, 0.3) is 0 Å². The maximum absolute atomic E-state index is 13.4. The number of aryl methyl sites for hydroxylation is 1. The number of benzene rings is 3. The summed E-state index contributed by atoms with van der Waals surface area (Å²) in [7, 11) is 0. The van der Waals surface area contributed by atoms with Gasteiger partial charge in [-0.15, -0.1) is 0 Å². The predicted molar refractivity (Wildman–Crippen MR) is 120 cm³/mol. The summed E-state index contributed by atoms with van der Waals surface area (Å²) in [6.45, 7) is 4.79. The van der Waals surface area contributed by atoms with Gasteiger partial charge in [0.15, 0.2) is 0 Å². The molecule has 1 saturated heterocycles. The van der Waals surface area contributed by atoms with E-state index < -0.39 is 0 Å². The molecule has 1 fully saturated rings. The SMILES string of the molecule is Cc1ccc(CCN2CCC[C@H]2COC(c2ccc(F)cc2)c2ccc(F)cc2)cc1. The zero-order valence-electron chi connectivity index (χ0n) is 17.9. The number of nitrogens with zero attached hydrogens (tertiary/aromatic N) is 1. The van der Waals surface area contributed by atoms with Gasteiger partial charge in [-0.1, -0.05) is 54.1 Å². The average molecular weight is 422 g/mol. The Morgan fingerprint density at radius 3 is 2.03 bits per heavy atom. The smallest absolute Gasteiger partial charge is 0.123 e. The second-order valence-electron chi connectivity index (χ2n) is 8.38. The molecule has 0 aliphatic carbocycles. The van der Waals surface area contributed by atoms with Gasteiger partial charge in [-0.25, -0.2) is 8.78 Å². The van der Waals surface area contributed by atoms with Crippen LogP contribution in [0.3, 0.4) is 0 Å². The molecule has 0 saturated carbocycles. The lowest BCUT2D eigenvalue weighted by molar-refractivity contribution is 0.0381. The molecule has 31 heavy (non-hydrogen) atoms. The van der Waals surface area contributed by atoms with E-state index in [1.54, 1.807) is 24.3 Å². The third-order valence-electron chi connectivity index (χ3n) is 6.11.